The van der Waals surface area contributed by atoms with Crippen LogP contribution in [0.5, 0.6) is 0 Å². The lowest BCUT2D eigenvalue weighted by molar-refractivity contribution is -0.147. The van der Waals surface area contributed by atoms with Gasteiger partial charge in [0.25, 0.3) is 0 Å². The van der Waals surface area contributed by atoms with Crippen LogP contribution in [-0.2, 0) is 16.0 Å². The highest BCUT2D eigenvalue weighted by Gasteiger charge is 2.28. The van der Waals surface area contributed by atoms with Crippen molar-refractivity contribution in [1.82, 2.24) is 10.2 Å². The van der Waals surface area contributed by atoms with Crippen molar-refractivity contribution in [3.8, 4) is 0 Å². The van der Waals surface area contributed by atoms with Crippen molar-refractivity contribution in [2.45, 2.75) is 45.3 Å². The number of ether oxygens (including phenoxy) is 1. The molecule has 0 saturated heterocycles. The summed E-state index contributed by atoms with van der Waals surface area (Å²) in [6.07, 6.45) is 2.01. The molecule has 5 nitrogen and oxygen atoms in total. The van der Waals surface area contributed by atoms with Gasteiger partial charge in [-0.2, -0.15) is 0 Å². The molecule has 1 aliphatic carbocycles. The van der Waals surface area contributed by atoms with Crippen LogP contribution in [0.25, 0.3) is 0 Å². The zero-order valence-electron chi connectivity index (χ0n) is 13.5. The van der Waals surface area contributed by atoms with Gasteiger partial charge in [-0.25, -0.2) is 4.79 Å². The molecule has 2 amide bonds. The van der Waals surface area contributed by atoms with Crippen molar-refractivity contribution >= 4 is 12.0 Å². The number of amides is 2. The van der Waals surface area contributed by atoms with Crippen molar-refractivity contribution in [2.24, 2.45) is 0 Å². The largest absolute Gasteiger partial charge is 0.463 e. The van der Waals surface area contributed by atoms with Crippen molar-refractivity contribution in [3.05, 3.63) is 35.4 Å². The third-order valence-corrected chi connectivity index (χ3v) is 3.86. The summed E-state index contributed by atoms with van der Waals surface area (Å²) in [7, 11) is 1.80. The number of fused-ring (bicyclic) bond motifs is 1. The molecule has 0 fully saturated rings. The molecular formula is C17H24N2O3. The molecule has 0 aromatic heterocycles. The van der Waals surface area contributed by atoms with Crippen LogP contribution < -0.4 is 5.32 Å². The number of hydrogen-bond donors (Lipinski definition) is 1. The van der Waals surface area contributed by atoms with Gasteiger partial charge in [0.2, 0.25) is 0 Å². The number of esters is 1. The highest BCUT2D eigenvalue weighted by Crippen LogP contribution is 2.34. The molecule has 120 valence electrons. The number of urea groups is 1. The first-order chi connectivity index (χ1) is 10.5. The van der Waals surface area contributed by atoms with Gasteiger partial charge < -0.3 is 15.0 Å². The maximum Gasteiger partial charge on any atom is 0.317 e. The molecule has 0 radical (unpaired) electrons. The van der Waals surface area contributed by atoms with E-state index in [0.717, 1.165) is 12.8 Å². The molecule has 0 spiro atoms. The van der Waals surface area contributed by atoms with Gasteiger partial charge in [0, 0.05) is 13.6 Å². The van der Waals surface area contributed by atoms with Gasteiger partial charge in [0.05, 0.1) is 18.6 Å². The number of hydrogen-bond acceptors (Lipinski definition) is 3. The predicted octanol–water partition coefficient (Wildman–Crippen LogP) is 2.66. The third kappa shape index (κ3) is 4.00. The molecule has 1 unspecified atom stereocenters. The minimum absolute atomic E-state index is 0.110. The molecule has 22 heavy (non-hydrogen) atoms. The molecule has 0 saturated carbocycles. The summed E-state index contributed by atoms with van der Waals surface area (Å²) in [6.45, 7) is 3.91. The van der Waals surface area contributed by atoms with Crippen LogP contribution in [0.3, 0.4) is 0 Å². The van der Waals surface area contributed by atoms with Gasteiger partial charge in [-0.3, -0.25) is 4.79 Å². The minimum atomic E-state index is -0.288. The first kappa shape index (κ1) is 16.3. The highest BCUT2D eigenvalue weighted by atomic mass is 16.5. The van der Waals surface area contributed by atoms with Crippen LogP contribution in [0.15, 0.2) is 24.3 Å². The SMILES string of the molecule is CC(C)OC(=O)CCNC(=O)N(C)C1CCc2ccccc21. The molecule has 0 bridgehead atoms. The number of nitrogens with zero attached hydrogens (tertiary/aromatic N) is 1. The van der Waals surface area contributed by atoms with E-state index >= 15 is 0 Å². The Balaban J connectivity index is 1.82. The summed E-state index contributed by atoms with van der Waals surface area (Å²) >= 11 is 0. The monoisotopic (exact) mass is 304 g/mol. The Morgan fingerprint density at radius 3 is 2.82 bits per heavy atom. The van der Waals surface area contributed by atoms with Gasteiger partial charge in [0.15, 0.2) is 0 Å². The highest BCUT2D eigenvalue weighted by molar-refractivity contribution is 5.76. The number of benzene rings is 1. The van der Waals surface area contributed by atoms with E-state index in [4.69, 9.17) is 4.74 Å². The first-order valence-corrected chi connectivity index (χ1v) is 7.77. The van der Waals surface area contributed by atoms with E-state index in [1.807, 2.05) is 26.0 Å². The number of carbonyl (C=O) groups excluding carboxylic acids is 2. The Labute approximate surface area is 131 Å². The summed E-state index contributed by atoms with van der Waals surface area (Å²) in [5.74, 6) is -0.288. The lowest BCUT2D eigenvalue weighted by Crippen LogP contribution is -2.40. The quantitative estimate of drug-likeness (QED) is 0.851. The van der Waals surface area contributed by atoms with Crippen LogP contribution in [0.4, 0.5) is 4.79 Å². The van der Waals surface area contributed by atoms with Crippen LogP contribution in [0.1, 0.15) is 43.9 Å². The predicted molar refractivity (Wildman–Crippen MR) is 84.5 cm³/mol. The Bertz CT molecular complexity index is 542. The number of aryl methyl sites for hydroxylation is 1. The van der Waals surface area contributed by atoms with E-state index < -0.39 is 0 Å². The van der Waals surface area contributed by atoms with E-state index in [1.54, 1.807) is 11.9 Å². The topological polar surface area (TPSA) is 58.6 Å². The maximum atomic E-state index is 12.2. The standard InChI is InChI=1S/C17H24N2O3/c1-12(2)22-16(20)10-11-18-17(21)19(3)15-9-8-13-6-4-5-7-14(13)15/h4-7,12,15H,8-11H2,1-3H3,(H,18,21). The molecular weight excluding hydrogens is 280 g/mol. The summed E-state index contributed by atoms with van der Waals surface area (Å²) in [6, 6.07) is 8.18. The Morgan fingerprint density at radius 2 is 2.09 bits per heavy atom. The smallest absolute Gasteiger partial charge is 0.317 e. The van der Waals surface area contributed by atoms with Gasteiger partial charge in [-0.15, -0.1) is 0 Å². The van der Waals surface area contributed by atoms with Gasteiger partial charge >= 0.3 is 12.0 Å². The fourth-order valence-electron chi connectivity index (χ4n) is 2.80. The summed E-state index contributed by atoms with van der Waals surface area (Å²) in [5.41, 5.74) is 2.53. The van der Waals surface area contributed by atoms with E-state index in [2.05, 4.69) is 17.4 Å². The zero-order chi connectivity index (χ0) is 16.1. The van der Waals surface area contributed by atoms with Gasteiger partial charge in [0.1, 0.15) is 0 Å². The van der Waals surface area contributed by atoms with Crippen LogP contribution >= 0.6 is 0 Å². The van der Waals surface area contributed by atoms with Crippen molar-refractivity contribution in [1.29, 1.82) is 0 Å². The Kier molecular flexibility index (Phi) is 5.41. The summed E-state index contributed by atoms with van der Waals surface area (Å²) in [4.78, 5) is 25.4. The second-order valence-corrected chi connectivity index (χ2v) is 5.88. The maximum absolute atomic E-state index is 12.2. The molecule has 1 aromatic rings. The first-order valence-electron chi connectivity index (χ1n) is 7.77. The molecule has 0 aliphatic heterocycles. The second-order valence-electron chi connectivity index (χ2n) is 5.88. The molecule has 0 heterocycles. The fraction of sp³-hybridized carbons (Fsp3) is 0.529. The molecule has 1 aliphatic rings. The van der Waals surface area contributed by atoms with Crippen LogP contribution in [0, 0.1) is 0 Å². The third-order valence-electron chi connectivity index (χ3n) is 3.86. The van der Waals surface area contributed by atoms with Crippen molar-refractivity contribution < 1.29 is 14.3 Å². The lowest BCUT2D eigenvalue weighted by Gasteiger charge is -2.25. The number of rotatable bonds is 5. The molecule has 1 N–H and O–H groups in total. The molecule has 1 atom stereocenters. The Hall–Kier alpha value is -2.04. The molecule has 5 heteroatoms. The van der Waals surface area contributed by atoms with E-state index in [0.29, 0.717) is 6.54 Å². The van der Waals surface area contributed by atoms with Gasteiger partial charge in [-0.05, 0) is 37.8 Å². The fourth-order valence-corrected chi connectivity index (χ4v) is 2.80. The van der Waals surface area contributed by atoms with E-state index in [-0.39, 0.29) is 30.6 Å². The molecule has 1 aromatic carbocycles. The number of nitrogens with one attached hydrogen (secondary N) is 1. The summed E-state index contributed by atoms with van der Waals surface area (Å²) < 4.78 is 5.03. The second kappa shape index (κ2) is 7.29. The molecule has 2 rings (SSSR count). The average Bonchev–Trinajstić information content (AvgIpc) is 2.89. The van der Waals surface area contributed by atoms with Crippen molar-refractivity contribution in [3.63, 3.8) is 0 Å². The number of carbonyl (C=O) groups is 2. The zero-order valence-corrected chi connectivity index (χ0v) is 13.5. The van der Waals surface area contributed by atoms with Gasteiger partial charge in [-0.1, -0.05) is 24.3 Å². The Morgan fingerprint density at radius 1 is 1.36 bits per heavy atom. The van der Waals surface area contributed by atoms with Crippen LogP contribution in [0.2, 0.25) is 0 Å². The lowest BCUT2D eigenvalue weighted by atomic mass is 10.1. The minimum Gasteiger partial charge on any atom is -0.463 e. The normalized spacial score (nSPS) is 16.3. The van der Waals surface area contributed by atoms with E-state index in [1.165, 1.54) is 11.1 Å². The van der Waals surface area contributed by atoms with Crippen LogP contribution in [-0.4, -0.2) is 36.6 Å². The van der Waals surface area contributed by atoms with Crippen molar-refractivity contribution in [2.75, 3.05) is 13.6 Å². The summed E-state index contributed by atoms with van der Waals surface area (Å²) in [5, 5.41) is 2.78. The van der Waals surface area contributed by atoms with E-state index in [9.17, 15) is 9.59 Å². The average molecular weight is 304 g/mol.